The molecule has 4 aromatic carbocycles. The Bertz CT molecular complexity index is 1460. The minimum atomic E-state index is 0.288. The summed E-state index contributed by atoms with van der Waals surface area (Å²) in [5.74, 6) is 1.83. The van der Waals surface area contributed by atoms with Crippen molar-refractivity contribution in [2.75, 3.05) is 5.32 Å². The molecule has 1 aliphatic heterocycles. The summed E-state index contributed by atoms with van der Waals surface area (Å²) >= 11 is 3.58. The Hall–Kier alpha value is -3.63. The largest absolute Gasteiger partial charge is 0.488 e. The van der Waals surface area contributed by atoms with Gasteiger partial charge in [0.2, 0.25) is 0 Å². The van der Waals surface area contributed by atoms with Crippen LogP contribution in [0.3, 0.4) is 0 Å². The first kappa shape index (κ1) is 23.7. The molecule has 0 bridgehead atoms. The van der Waals surface area contributed by atoms with Gasteiger partial charge in [-0.3, -0.25) is 4.99 Å². The number of nitrogens with zero attached hydrogens (tertiary/aromatic N) is 1. The number of hydrogen-bond donors (Lipinski definition) is 1. The van der Waals surface area contributed by atoms with Gasteiger partial charge in [-0.25, -0.2) is 0 Å². The summed E-state index contributed by atoms with van der Waals surface area (Å²) in [6.45, 7) is 2.69. The molecule has 0 unspecified atom stereocenters. The number of fused-ring (bicyclic) bond motifs is 3. The van der Waals surface area contributed by atoms with E-state index in [9.17, 15) is 0 Å². The van der Waals surface area contributed by atoms with E-state index >= 15 is 0 Å². The van der Waals surface area contributed by atoms with E-state index < -0.39 is 0 Å². The summed E-state index contributed by atoms with van der Waals surface area (Å²) in [4.78, 5) is 4.77. The number of halogens is 1. The zero-order valence-corrected chi connectivity index (χ0v) is 22.4. The molecule has 6 rings (SSSR count). The summed E-state index contributed by atoms with van der Waals surface area (Å²) in [5.41, 5.74) is 8.30. The molecule has 184 valence electrons. The van der Waals surface area contributed by atoms with Gasteiger partial charge in [-0.1, -0.05) is 88.2 Å². The number of anilines is 1. The zero-order valence-electron chi connectivity index (χ0n) is 20.8. The van der Waals surface area contributed by atoms with Gasteiger partial charge in [-0.15, -0.1) is 0 Å². The summed E-state index contributed by atoms with van der Waals surface area (Å²) < 4.78 is 7.11. The third kappa shape index (κ3) is 5.12. The van der Waals surface area contributed by atoms with Crippen molar-refractivity contribution in [3.8, 4) is 5.75 Å². The summed E-state index contributed by atoms with van der Waals surface area (Å²) in [6.07, 6.45) is 7.72. The molecule has 0 fully saturated rings. The molecule has 2 aliphatic rings. The maximum atomic E-state index is 6.11. The molecule has 1 aliphatic carbocycles. The molecule has 1 heterocycles. The molecule has 1 N–H and O–H groups in total. The molecule has 0 amide bonds. The lowest BCUT2D eigenvalue weighted by Crippen LogP contribution is -2.29. The Kier molecular flexibility index (Phi) is 6.67. The van der Waals surface area contributed by atoms with Gasteiger partial charge >= 0.3 is 0 Å². The van der Waals surface area contributed by atoms with Crippen LogP contribution in [0.1, 0.15) is 46.2 Å². The topological polar surface area (TPSA) is 33.6 Å². The zero-order chi connectivity index (χ0) is 25.2. The Morgan fingerprint density at radius 1 is 0.973 bits per heavy atom. The molecule has 0 aromatic heterocycles. The van der Waals surface area contributed by atoms with Crippen molar-refractivity contribution >= 4 is 33.5 Å². The van der Waals surface area contributed by atoms with Crippen molar-refractivity contribution in [2.45, 2.75) is 31.9 Å². The van der Waals surface area contributed by atoms with Gasteiger partial charge in [0, 0.05) is 27.9 Å². The molecule has 4 aromatic rings. The number of allylic oxidation sites excluding steroid dienone is 2. The molecular weight excluding hydrogens is 520 g/mol. The lowest BCUT2D eigenvalue weighted by Gasteiger charge is -2.37. The second kappa shape index (κ2) is 10.4. The molecule has 3 nitrogen and oxygen atoms in total. The first-order valence-corrected chi connectivity index (χ1v) is 13.6. The van der Waals surface area contributed by atoms with Gasteiger partial charge < -0.3 is 10.1 Å². The van der Waals surface area contributed by atoms with E-state index in [4.69, 9.17) is 9.73 Å². The van der Waals surface area contributed by atoms with Crippen LogP contribution in [-0.2, 0) is 6.61 Å². The SMILES string of the molecule is Cc1ccc2c(c1)[C@@H]1C=CC[C@@H]1[C@@H](c1ccc(N=Cc3cc(Br)ccc3OCc3ccccc3)cc1)N2. The van der Waals surface area contributed by atoms with E-state index in [1.165, 1.54) is 22.4 Å². The van der Waals surface area contributed by atoms with Crippen molar-refractivity contribution in [2.24, 2.45) is 10.9 Å². The molecule has 0 saturated heterocycles. The highest BCUT2D eigenvalue weighted by atomic mass is 79.9. The van der Waals surface area contributed by atoms with Gasteiger partial charge in [0.25, 0.3) is 0 Å². The molecule has 0 spiro atoms. The monoisotopic (exact) mass is 548 g/mol. The van der Waals surface area contributed by atoms with E-state index in [0.29, 0.717) is 18.4 Å². The van der Waals surface area contributed by atoms with Crippen LogP contribution in [0.2, 0.25) is 0 Å². The molecule has 0 saturated carbocycles. The van der Waals surface area contributed by atoms with Crippen molar-refractivity contribution in [3.63, 3.8) is 0 Å². The van der Waals surface area contributed by atoms with E-state index in [1.807, 2.05) is 42.6 Å². The van der Waals surface area contributed by atoms with E-state index in [1.54, 1.807) is 0 Å². The maximum absolute atomic E-state index is 6.11. The number of nitrogens with one attached hydrogen (secondary N) is 1. The lowest BCUT2D eigenvalue weighted by molar-refractivity contribution is 0.306. The van der Waals surface area contributed by atoms with Crippen molar-refractivity contribution in [1.82, 2.24) is 0 Å². The molecular formula is C33H29BrN2O. The van der Waals surface area contributed by atoms with Crippen LogP contribution in [-0.4, -0.2) is 6.21 Å². The van der Waals surface area contributed by atoms with Crippen LogP contribution in [0, 0.1) is 12.8 Å². The molecule has 0 radical (unpaired) electrons. The van der Waals surface area contributed by atoms with Gasteiger partial charge in [0.05, 0.1) is 11.7 Å². The Balaban J connectivity index is 1.20. The van der Waals surface area contributed by atoms with Crippen molar-refractivity contribution < 1.29 is 4.74 Å². The standard InChI is InChI=1S/C33H29BrN2O/c1-22-10-16-31-30(18-22)28-8-5-9-29(28)33(36-31)24-11-14-27(15-12-24)35-20-25-19-26(34)13-17-32(25)37-21-23-6-3-2-4-7-23/h2-8,10-20,28-29,33,36H,9,21H2,1H3/t28-,29+,33-/m1/s1. The minimum Gasteiger partial charge on any atom is -0.488 e. The highest BCUT2D eigenvalue weighted by molar-refractivity contribution is 9.10. The minimum absolute atomic E-state index is 0.288. The lowest BCUT2D eigenvalue weighted by atomic mass is 9.76. The van der Waals surface area contributed by atoms with E-state index in [2.05, 4.69) is 94.9 Å². The quantitative estimate of drug-likeness (QED) is 0.192. The average molecular weight is 550 g/mol. The summed E-state index contributed by atoms with van der Waals surface area (Å²) in [5, 5.41) is 3.83. The Labute approximate surface area is 227 Å². The second-order valence-corrected chi connectivity index (χ2v) is 10.8. The first-order valence-electron chi connectivity index (χ1n) is 12.8. The number of aliphatic imine (C=N–C) groups is 1. The number of ether oxygens (including phenoxy) is 1. The fourth-order valence-electron chi connectivity index (χ4n) is 5.44. The van der Waals surface area contributed by atoms with Crippen LogP contribution in [0.15, 0.2) is 113 Å². The summed E-state index contributed by atoms with van der Waals surface area (Å²) in [6, 6.07) is 31.9. The van der Waals surface area contributed by atoms with Crippen molar-refractivity contribution in [3.05, 3.63) is 135 Å². The van der Waals surface area contributed by atoms with Gasteiger partial charge in [-0.2, -0.15) is 0 Å². The Morgan fingerprint density at radius 2 is 1.81 bits per heavy atom. The fourth-order valence-corrected chi connectivity index (χ4v) is 5.82. The predicted octanol–water partition coefficient (Wildman–Crippen LogP) is 8.91. The van der Waals surface area contributed by atoms with Crippen LogP contribution in [0.25, 0.3) is 0 Å². The van der Waals surface area contributed by atoms with Crippen LogP contribution in [0.5, 0.6) is 5.75 Å². The van der Waals surface area contributed by atoms with E-state index in [-0.39, 0.29) is 6.04 Å². The number of rotatable bonds is 6. The Morgan fingerprint density at radius 3 is 2.65 bits per heavy atom. The van der Waals surface area contributed by atoms with Crippen LogP contribution in [0.4, 0.5) is 11.4 Å². The van der Waals surface area contributed by atoms with Crippen molar-refractivity contribution in [1.29, 1.82) is 0 Å². The average Bonchev–Trinajstić information content (AvgIpc) is 3.42. The fraction of sp³-hybridized carbons (Fsp3) is 0.182. The van der Waals surface area contributed by atoms with Gasteiger partial charge in [0.1, 0.15) is 12.4 Å². The third-order valence-electron chi connectivity index (χ3n) is 7.33. The highest BCUT2D eigenvalue weighted by Gasteiger charge is 2.37. The molecule has 37 heavy (non-hydrogen) atoms. The molecule has 3 atom stereocenters. The maximum Gasteiger partial charge on any atom is 0.128 e. The van der Waals surface area contributed by atoms with Gasteiger partial charge in [0.15, 0.2) is 0 Å². The second-order valence-electron chi connectivity index (χ2n) is 9.87. The van der Waals surface area contributed by atoms with Crippen LogP contribution < -0.4 is 10.1 Å². The first-order chi connectivity index (χ1) is 18.1. The van der Waals surface area contributed by atoms with E-state index in [0.717, 1.165) is 33.5 Å². The summed E-state index contributed by atoms with van der Waals surface area (Å²) in [7, 11) is 0. The highest BCUT2D eigenvalue weighted by Crippen LogP contribution is 2.50. The van der Waals surface area contributed by atoms with Gasteiger partial charge in [-0.05, 0) is 72.4 Å². The third-order valence-corrected chi connectivity index (χ3v) is 7.83. The number of aryl methyl sites for hydroxylation is 1. The number of benzene rings is 4. The molecule has 4 heteroatoms. The number of hydrogen-bond acceptors (Lipinski definition) is 3. The smallest absolute Gasteiger partial charge is 0.128 e. The predicted molar refractivity (Wildman–Crippen MR) is 156 cm³/mol. The van der Waals surface area contributed by atoms with Crippen LogP contribution >= 0.6 is 15.9 Å². The normalized spacial score (nSPS) is 19.9.